The second-order valence-electron chi connectivity index (χ2n) is 14.4. The van der Waals surface area contributed by atoms with Crippen molar-refractivity contribution < 1.29 is 0 Å². The molecule has 3 heterocycles. The van der Waals surface area contributed by atoms with E-state index in [4.69, 9.17) is 15.0 Å². The summed E-state index contributed by atoms with van der Waals surface area (Å²) in [4.78, 5) is 22.1. The molecule has 1 aliphatic carbocycles. The Bertz CT molecular complexity index is 2580. The molecular weight excluding hydrogens is 679 g/mol. The van der Waals surface area contributed by atoms with Crippen molar-refractivity contribution in [3.05, 3.63) is 181 Å². The number of nitrogens with zero attached hydrogens (tertiary/aromatic N) is 5. The third-order valence-corrected chi connectivity index (χ3v) is 11.8. The van der Waals surface area contributed by atoms with Gasteiger partial charge in [-0.1, -0.05) is 123 Å². The minimum absolute atomic E-state index is 0.106. The Morgan fingerprint density at radius 1 is 0.500 bits per heavy atom. The average Bonchev–Trinajstić information content (AvgIpc) is 3.23. The molecule has 6 heteroatoms. The van der Waals surface area contributed by atoms with Gasteiger partial charge in [-0.15, -0.1) is 0 Å². The lowest BCUT2D eigenvalue weighted by molar-refractivity contribution is 0.632. The molecular formula is C48H37N5S. The van der Waals surface area contributed by atoms with Crippen LogP contribution >= 0.6 is 11.8 Å². The number of benzene rings is 6. The Labute approximate surface area is 320 Å². The van der Waals surface area contributed by atoms with Gasteiger partial charge in [0.25, 0.3) is 0 Å². The summed E-state index contributed by atoms with van der Waals surface area (Å²) in [5, 5.41) is 0. The van der Waals surface area contributed by atoms with E-state index in [9.17, 15) is 0 Å². The number of hydrogen-bond donors (Lipinski definition) is 0. The molecule has 2 aliphatic heterocycles. The molecule has 0 saturated heterocycles. The number of aromatic nitrogens is 3. The maximum absolute atomic E-state index is 5.00. The van der Waals surface area contributed by atoms with Crippen LogP contribution in [-0.2, 0) is 5.41 Å². The predicted octanol–water partition coefficient (Wildman–Crippen LogP) is 13.0. The summed E-state index contributed by atoms with van der Waals surface area (Å²) in [6.07, 6.45) is 8.55. The van der Waals surface area contributed by atoms with E-state index in [1.54, 1.807) is 0 Å². The minimum atomic E-state index is -0.106. The van der Waals surface area contributed by atoms with Crippen molar-refractivity contribution in [2.24, 2.45) is 0 Å². The van der Waals surface area contributed by atoms with Gasteiger partial charge in [0.2, 0.25) is 0 Å². The second-order valence-corrected chi connectivity index (χ2v) is 15.5. The van der Waals surface area contributed by atoms with E-state index in [1.165, 1.54) is 32.3 Å². The molecule has 0 bridgehead atoms. The van der Waals surface area contributed by atoms with Crippen LogP contribution in [-0.4, -0.2) is 15.0 Å². The van der Waals surface area contributed by atoms with E-state index < -0.39 is 0 Å². The average molecular weight is 716 g/mol. The quantitative estimate of drug-likeness (QED) is 0.177. The highest BCUT2D eigenvalue weighted by Crippen LogP contribution is 2.55. The van der Waals surface area contributed by atoms with Gasteiger partial charge in [0.1, 0.15) is 0 Å². The largest absolute Gasteiger partial charge is 0.310 e. The zero-order chi connectivity index (χ0) is 36.2. The predicted molar refractivity (Wildman–Crippen MR) is 223 cm³/mol. The Hall–Kier alpha value is -6.24. The Balaban J connectivity index is 1.06. The SMILES string of the molecule is CC1(C)c2ccccc2N(c2ccc3c(c2)Sc2ccccc2N3c2ccc(-c3nc(C4=CCCC=C4)nc(-c4ccccc4)n3)cc2)c2ccccc21. The van der Waals surface area contributed by atoms with E-state index in [0.29, 0.717) is 17.5 Å². The summed E-state index contributed by atoms with van der Waals surface area (Å²) in [6, 6.07) is 52.0. The van der Waals surface area contributed by atoms with Crippen LogP contribution in [0.15, 0.2) is 174 Å². The molecule has 1 aromatic heterocycles. The highest BCUT2D eigenvalue weighted by Gasteiger charge is 2.37. The van der Waals surface area contributed by atoms with Crippen molar-refractivity contribution in [3.8, 4) is 22.8 Å². The van der Waals surface area contributed by atoms with Crippen LogP contribution in [0, 0.1) is 0 Å². The molecule has 6 aromatic carbocycles. The maximum atomic E-state index is 5.00. The van der Waals surface area contributed by atoms with E-state index in [2.05, 4.69) is 169 Å². The van der Waals surface area contributed by atoms with E-state index >= 15 is 0 Å². The summed E-state index contributed by atoms with van der Waals surface area (Å²) in [5.41, 5.74) is 12.5. The zero-order valence-electron chi connectivity index (χ0n) is 30.1. The lowest BCUT2D eigenvalue weighted by atomic mass is 9.73. The Morgan fingerprint density at radius 3 is 1.74 bits per heavy atom. The number of para-hydroxylation sites is 3. The van der Waals surface area contributed by atoms with E-state index in [-0.39, 0.29) is 5.41 Å². The third kappa shape index (κ3) is 5.44. The first kappa shape index (κ1) is 32.4. The molecule has 260 valence electrons. The van der Waals surface area contributed by atoms with Crippen LogP contribution in [0.25, 0.3) is 28.3 Å². The van der Waals surface area contributed by atoms with Crippen molar-refractivity contribution in [1.29, 1.82) is 0 Å². The topological polar surface area (TPSA) is 45.2 Å². The molecule has 0 fully saturated rings. The second kappa shape index (κ2) is 13.0. The van der Waals surface area contributed by atoms with Crippen LogP contribution in [0.4, 0.5) is 34.1 Å². The van der Waals surface area contributed by atoms with Gasteiger partial charge < -0.3 is 9.80 Å². The number of allylic oxidation sites excluding steroid dienone is 4. The molecule has 0 spiro atoms. The van der Waals surface area contributed by atoms with Crippen LogP contribution in [0.3, 0.4) is 0 Å². The first-order chi connectivity index (χ1) is 26.5. The number of rotatable bonds is 5. The first-order valence-corrected chi connectivity index (χ1v) is 19.3. The number of anilines is 6. The van der Waals surface area contributed by atoms with E-state index in [1.807, 2.05) is 30.0 Å². The Kier molecular flexibility index (Phi) is 7.81. The minimum Gasteiger partial charge on any atom is -0.310 e. The summed E-state index contributed by atoms with van der Waals surface area (Å²) in [5.74, 6) is 2.04. The number of fused-ring (bicyclic) bond motifs is 4. The molecule has 7 aromatic rings. The van der Waals surface area contributed by atoms with Gasteiger partial charge in [0.05, 0.1) is 22.7 Å². The fourth-order valence-corrected chi connectivity index (χ4v) is 9.09. The van der Waals surface area contributed by atoms with Gasteiger partial charge >= 0.3 is 0 Å². The first-order valence-electron chi connectivity index (χ1n) is 18.5. The summed E-state index contributed by atoms with van der Waals surface area (Å²) < 4.78 is 0. The lowest BCUT2D eigenvalue weighted by Gasteiger charge is -2.42. The van der Waals surface area contributed by atoms with Crippen molar-refractivity contribution in [3.63, 3.8) is 0 Å². The monoisotopic (exact) mass is 715 g/mol. The normalized spacial score (nSPS) is 15.1. The van der Waals surface area contributed by atoms with Crippen LogP contribution in [0.5, 0.6) is 0 Å². The molecule has 0 unspecified atom stereocenters. The highest BCUT2D eigenvalue weighted by atomic mass is 32.2. The van der Waals surface area contributed by atoms with Crippen molar-refractivity contribution in [2.45, 2.75) is 41.9 Å². The molecule has 10 rings (SSSR count). The van der Waals surface area contributed by atoms with Gasteiger partial charge in [-0.2, -0.15) is 0 Å². The molecule has 0 amide bonds. The molecule has 0 N–H and O–H groups in total. The van der Waals surface area contributed by atoms with Gasteiger partial charge in [-0.3, -0.25) is 0 Å². The highest BCUT2D eigenvalue weighted by molar-refractivity contribution is 7.99. The fourth-order valence-electron chi connectivity index (χ4n) is 8.00. The standard InChI is InChI=1S/C48H37N5S/c1-48(2)37-19-9-11-21-39(37)53(40-22-12-10-20-38(40)48)36-29-30-42-44(31-36)54-43-24-14-13-23-41(43)52(42)35-27-25-34(26-28-35)47-50-45(32-15-5-3-6-16-32)49-46(51-47)33-17-7-4-8-18-33/h3,5-7,9-31H,4,8H2,1-2H3. The molecule has 0 saturated carbocycles. The fraction of sp³-hybridized carbons (Fsp3) is 0.104. The molecule has 3 aliphatic rings. The van der Waals surface area contributed by atoms with Gasteiger partial charge in [0.15, 0.2) is 17.5 Å². The summed E-state index contributed by atoms with van der Waals surface area (Å²) >= 11 is 1.83. The number of hydrogen-bond acceptors (Lipinski definition) is 6. The summed E-state index contributed by atoms with van der Waals surface area (Å²) in [6.45, 7) is 4.66. The van der Waals surface area contributed by atoms with Crippen LogP contribution in [0.1, 0.15) is 43.6 Å². The van der Waals surface area contributed by atoms with Crippen LogP contribution in [0.2, 0.25) is 0 Å². The molecule has 54 heavy (non-hydrogen) atoms. The van der Waals surface area contributed by atoms with E-state index in [0.717, 1.165) is 52.3 Å². The van der Waals surface area contributed by atoms with Crippen LogP contribution < -0.4 is 9.80 Å². The maximum Gasteiger partial charge on any atom is 0.164 e. The Morgan fingerprint density at radius 2 is 1.06 bits per heavy atom. The van der Waals surface area contributed by atoms with Crippen molar-refractivity contribution in [2.75, 3.05) is 9.80 Å². The van der Waals surface area contributed by atoms with Crippen molar-refractivity contribution in [1.82, 2.24) is 15.0 Å². The van der Waals surface area contributed by atoms with Gasteiger partial charge in [-0.05, 0) is 90.7 Å². The molecule has 0 radical (unpaired) electrons. The van der Waals surface area contributed by atoms with Crippen molar-refractivity contribution >= 4 is 51.5 Å². The smallest absolute Gasteiger partial charge is 0.164 e. The summed E-state index contributed by atoms with van der Waals surface area (Å²) in [7, 11) is 0. The zero-order valence-corrected chi connectivity index (χ0v) is 31.0. The molecule has 0 atom stereocenters. The lowest BCUT2D eigenvalue weighted by Crippen LogP contribution is -2.30. The molecule has 5 nitrogen and oxygen atoms in total. The third-order valence-electron chi connectivity index (χ3n) is 10.7. The van der Waals surface area contributed by atoms with Gasteiger partial charge in [0, 0.05) is 43.3 Å². The van der Waals surface area contributed by atoms with Gasteiger partial charge in [-0.25, -0.2) is 15.0 Å².